The molecule has 1 rings (SSSR count). The predicted octanol–water partition coefficient (Wildman–Crippen LogP) is 4.75. The Hall–Kier alpha value is -0.0800. The van der Waals surface area contributed by atoms with E-state index in [0.717, 1.165) is 13.0 Å². The van der Waals surface area contributed by atoms with E-state index in [1.807, 2.05) is 0 Å². The first kappa shape index (κ1) is 18.0. The molecule has 0 radical (unpaired) electrons. The molecule has 1 aliphatic rings. The van der Waals surface area contributed by atoms with Crippen molar-refractivity contribution in [2.24, 2.45) is 0 Å². The molecular formula is C18H37NO. The molecule has 1 aliphatic carbocycles. The van der Waals surface area contributed by atoms with Crippen molar-refractivity contribution in [1.82, 2.24) is 4.90 Å². The Kier molecular flexibility index (Phi) is 9.54. The van der Waals surface area contributed by atoms with E-state index in [0.29, 0.717) is 12.1 Å². The van der Waals surface area contributed by atoms with Crippen LogP contribution in [-0.4, -0.2) is 34.7 Å². The monoisotopic (exact) mass is 283 g/mol. The van der Waals surface area contributed by atoms with Gasteiger partial charge in [0.1, 0.15) is 0 Å². The minimum absolute atomic E-state index is 0.122. The van der Waals surface area contributed by atoms with Gasteiger partial charge in [0, 0.05) is 12.1 Å². The van der Waals surface area contributed by atoms with E-state index >= 15 is 0 Å². The van der Waals surface area contributed by atoms with Gasteiger partial charge in [-0.25, -0.2) is 0 Å². The molecule has 120 valence electrons. The maximum atomic E-state index is 10.7. The van der Waals surface area contributed by atoms with Crippen LogP contribution in [0.4, 0.5) is 0 Å². The third-order valence-electron chi connectivity index (χ3n) is 4.77. The standard InChI is InChI=1S/C18H37NO/c1-4-15-19(16(2)3)17-13-11-9-7-5-6-8-10-12-14-18(17)20/h16-18,20H,4-15H2,1-3H3. The normalized spacial score (nSPS) is 27.3. The van der Waals surface area contributed by atoms with Crippen LogP contribution >= 0.6 is 0 Å². The number of aliphatic hydroxyl groups is 1. The van der Waals surface area contributed by atoms with Crippen LogP contribution in [0.2, 0.25) is 0 Å². The molecule has 0 bridgehead atoms. The van der Waals surface area contributed by atoms with Gasteiger partial charge in [-0.15, -0.1) is 0 Å². The van der Waals surface area contributed by atoms with Gasteiger partial charge in [0.25, 0.3) is 0 Å². The molecule has 20 heavy (non-hydrogen) atoms. The highest BCUT2D eigenvalue weighted by molar-refractivity contribution is 4.81. The average molecular weight is 283 g/mol. The molecule has 0 amide bonds. The number of aliphatic hydroxyl groups excluding tert-OH is 1. The molecule has 0 aromatic carbocycles. The summed E-state index contributed by atoms with van der Waals surface area (Å²) in [5.41, 5.74) is 0. The molecular weight excluding hydrogens is 246 g/mol. The fourth-order valence-electron chi connectivity index (χ4n) is 3.60. The van der Waals surface area contributed by atoms with Gasteiger partial charge in [-0.05, 0) is 39.7 Å². The molecule has 0 heterocycles. The summed E-state index contributed by atoms with van der Waals surface area (Å²) in [7, 11) is 0. The van der Waals surface area contributed by atoms with Gasteiger partial charge >= 0.3 is 0 Å². The highest BCUT2D eigenvalue weighted by atomic mass is 16.3. The Bertz CT molecular complexity index is 229. The number of nitrogens with zero attached hydrogens (tertiary/aromatic N) is 1. The van der Waals surface area contributed by atoms with Gasteiger partial charge in [-0.2, -0.15) is 0 Å². The van der Waals surface area contributed by atoms with E-state index in [9.17, 15) is 5.11 Å². The predicted molar refractivity (Wildman–Crippen MR) is 88.1 cm³/mol. The summed E-state index contributed by atoms with van der Waals surface area (Å²) in [6.07, 6.45) is 13.9. The lowest BCUT2D eigenvalue weighted by molar-refractivity contribution is 0.0191. The van der Waals surface area contributed by atoms with Crippen LogP contribution in [0.5, 0.6) is 0 Å². The molecule has 2 heteroatoms. The first-order valence-corrected chi connectivity index (χ1v) is 9.10. The quantitative estimate of drug-likeness (QED) is 0.804. The van der Waals surface area contributed by atoms with Crippen molar-refractivity contribution in [3.63, 3.8) is 0 Å². The van der Waals surface area contributed by atoms with Crippen molar-refractivity contribution in [2.75, 3.05) is 6.54 Å². The second-order valence-electron chi connectivity index (χ2n) is 6.87. The van der Waals surface area contributed by atoms with Crippen LogP contribution in [0.1, 0.15) is 91.4 Å². The van der Waals surface area contributed by atoms with Crippen molar-refractivity contribution in [3.8, 4) is 0 Å². The molecule has 0 aromatic rings. The van der Waals surface area contributed by atoms with E-state index in [1.165, 1.54) is 64.2 Å². The van der Waals surface area contributed by atoms with Crippen molar-refractivity contribution >= 4 is 0 Å². The molecule has 1 saturated carbocycles. The van der Waals surface area contributed by atoms with Crippen molar-refractivity contribution in [3.05, 3.63) is 0 Å². The van der Waals surface area contributed by atoms with Crippen molar-refractivity contribution in [2.45, 2.75) is 110 Å². The van der Waals surface area contributed by atoms with E-state index in [2.05, 4.69) is 25.7 Å². The zero-order valence-corrected chi connectivity index (χ0v) is 14.1. The molecule has 1 fully saturated rings. The van der Waals surface area contributed by atoms with Gasteiger partial charge in [0.15, 0.2) is 0 Å². The lowest BCUT2D eigenvalue weighted by Crippen LogP contribution is -2.47. The Morgan fingerprint density at radius 3 is 1.90 bits per heavy atom. The van der Waals surface area contributed by atoms with E-state index in [4.69, 9.17) is 0 Å². The zero-order chi connectivity index (χ0) is 14.8. The second kappa shape index (κ2) is 10.6. The Morgan fingerprint density at radius 2 is 1.40 bits per heavy atom. The van der Waals surface area contributed by atoms with Gasteiger partial charge in [-0.1, -0.05) is 58.3 Å². The lowest BCUT2D eigenvalue weighted by Gasteiger charge is -2.38. The smallest absolute Gasteiger partial charge is 0.0695 e. The molecule has 0 saturated heterocycles. The summed E-state index contributed by atoms with van der Waals surface area (Å²) in [5.74, 6) is 0. The summed E-state index contributed by atoms with van der Waals surface area (Å²) >= 11 is 0. The van der Waals surface area contributed by atoms with Crippen LogP contribution in [0.3, 0.4) is 0 Å². The summed E-state index contributed by atoms with van der Waals surface area (Å²) in [5, 5.41) is 10.7. The molecule has 2 nitrogen and oxygen atoms in total. The third-order valence-corrected chi connectivity index (χ3v) is 4.77. The zero-order valence-electron chi connectivity index (χ0n) is 14.1. The fraction of sp³-hybridized carbons (Fsp3) is 1.00. The molecule has 1 N–H and O–H groups in total. The second-order valence-corrected chi connectivity index (χ2v) is 6.87. The highest BCUT2D eigenvalue weighted by Crippen LogP contribution is 2.22. The Balaban J connectivity index is 2.63. The largest absolute Gasteiger partial charge is 0.391 e. The van der Waals surface area contributed by atoms with E-state index in [1.54, 1.807) is 0 Å². The van der Waals surface area contributed by atoms with Crippen LogP contribution < -0.4 is 0 Å². The fourth-order valence-corrected chi connectivity index (χ4v) is 3.60. The van der Waals surface area contributed by atoms with Crippen LogP contribution in [-0.2, 0) is 0 Å². The molecule has 2 unspecified atom stereocenters. The van der Waals surface area contributed by atoms with Crippen LogP contribution in [0.25, 0.3) is 0 Å². The SMILES string of the molecule is CCCN(C(C)C)C1CCCCCCCCCCC1O. The van der Waals surface area contributed by atoms with Crippen LogP contribution in [0, 0.1) is 0 Å². The Morgan fingerprint density at radius 1 is 0.900 bits per heavy atom. The number of rotatable bonds is 4. The van der Waals surface area contributed by atoms with Crippen molar-refractivity contribution in [1.29, 1.82) is 0 Å². The first-order chi connectivity index (χ1) is 9.66. The topological polar surface area (TPSA) is 23.5 Å². The van der Waals surface area contributed by atoms with Gasteiger partial charge in [0.2, 0.25) is 0 Å². The third kappa shape index (κ3) is 6.58. The van der Waals surface area contributed by atoms with E-state index in [-0.39, 0.29) is 6.10 Å². The van der Waals surface area contributed by atoms with Gasteiger partial charge in [-0.3, -0.25) is 4.90 Å². The Labute approximate surface area is 126 Å². The maximum absolute atomic E-state index is 10.7. The average Bonchev–Trinajstić information content (AvgIpc) is 2.41. The minimum atomic E-state index is -0.122. The summed E-state index contributed by atoms with van der Waals surface area (Å²) in [4.78, 5) is 2.55. The molecule has 2 atom stereocenters. The summed E-state index contributed by atoms with van der Waals surface area (Å²) < 4.78 is 0. The molecule has 0 aliphatic heterocycles. The molecule has 0 spiro atoms. The minimum Gasteiger partial charge on any atom is -0.391 e. The van der Waals surface area contributed by atoms with Gasteiger partial charge < -0.3 is 5.11 Å². The number of hydrogen-bond donors (Lipinski definition) is 1. The highest BCUT2D eigenvalue weighted by Gasteiger charge is 2.26. The first-order valence-electron chi connectivity index (χ1n) is 9.10. The molecule has 0 aromatic heterocycles. The maximum Gasteiger partial charge on any atom is 0.0695 e. The van der Waals surface area contributed by atoms with Crippen molar-refractivity contribution < 1.29 is 5.11 Å². The summed E-state index contributed by atoms with van der Waals surface area (Å²) in [6.45, 7) is 7.92. The lowest BCUT2D eigenvalue weighted by atomic mass is 9.94. The van der Waals surface area contributed by atoms with E-state index < -0.39 is 0 Å². The number of hydrogen-bond acceptors (Lipinski definition) is 2. The summed E-state index contributed by atoms with van der Waals surface area (Å²) in [6, 6.07) is 0.928. The van der Waals surface area contributed by atoms with Gasteiger partial charge in [0.05, 0.1) is 6.10 Å². The van der Waals surface area contributed by atoms with Crippen LogP contribution in [0.15, 0.2) is 0 Å².